The number of nitrogens with two attached hydrogens (primary N) is 1. The van der Waals surface area contributed by atoms with E-state index in [1.165, 1.54) is 0 Å². The summed E-state index contributed by atoms with van der Waals surface area (Å²) in [5.74, 6) is 0.740. The van der Waals surface area contributed by atoms with E-state index >= 15 is 0 Å². The van der Waals surface area contributed by atoms with Crippen molar-refractivity contribution in [2.24, 2.45) is 5.73 Å². The van der Waals surface area contributed by atoms with Crippen molar-refractivity contribution in [3.63, 3.8) is 0 Å². The van der Waals surface area contributed by atoms with Gasteiger partial charge in [-0.3, -0.25) is 0 Å². The van der Waals surface area contributed by atoms with Crippen molar-refractivity contribution < 1.29 is 0 Å². The Morgan fingerprint density at radius 3 is 2.71 bits per heavy atom. The van der Waals surface area contributed by atoms with Crippen LogP contribution in [0.4, 0.5) is 5.82 Å². The SMILES string of the molecule is CCN(CCN)c1ncc(Cl)cc1Cl. The van der Waals surface area contributed by atoms with Crippen molar-refractivity contribution in [2.75, 3.05) is 24.5 Å². The average Bonchev–Trinajstić information content (AvgIpc) is 2.15. The Bertz CT molecular complexity index is 304. The van der Waals surface area contributed by atoms with Gasteiger partial charge in [0.2, 0.25) is 0 Å². The number of halogens is 2. The summed E-state index contributed by atoms with van der Waals surface area (Å²) in [5, 5.41) is 1.11. The van der Waals surface area contributed by atoms with E-state index in [2.05, 4.69) is 4.98 Å². The lowest BCUT2D eigenvalue weighted by Gasteiger charge is -2.21. The van der Waals surface area contributed by atoms with Crippen LogP contribution in [0, 0.1) is 0 Å². The third kappa shape index (κ3) is 2.74. The van der Waals surface area contributed by atoms with Gasteiger partial charge in [-0.25, -0.2) is 4.98 Å². The minimum absolute atomic E-state index is 0.544. The maximum Gasteiger partial charge on any atom is 0.147 e. The molecule has 0 radical (unpaired) electrons. The number of likely N-dealkylation sites (N-methyl/N-ethyl adjacent to an activating group) is 1. The molecule has 0 aliphatic rings. The maximum absolute atomic E-state index is 6.01. The zero-order valence-corrected chi connectivity index (χ0v) is 9.52. The molecule has 0 spiro atoms. The van der Waals surface area contributed by atoms with Gasteiger partial charge < -0.3 is 10.6 Å². The fraction of sp³-hybridized carbons (Fsp3) is 0.444. The zero-order chi connectivity index (χ0) is 10.6. The predicted octanol–water partition coefficient (Wildman–Crippen LogP) is 2.17. The molecule has 1 aromatic rings. The van der Waals surface area contributed by atoms with Gasteiger partial charge in [0.1, 0.15) is 5.82 Å². The molecule has 5 heteroatoms. The predicted molar refractivity (Wildman–Crippen MR) is 61.2 cm³/mol. The van der Waals surface area contributed by atoms with E-state index in [0.717, 1.165) is 18.9 Å². The molecule has 0 aliphatic heterocycles. The van der Waals surface area contributed by atoms with Crippen molar-refractivity contribution >= 4 is 29.0 Å². The van der Waals surface area contributed by atoms with Crippen LogP contribution >= 0.6 is 23.2 Å². The van der Waals surface area contributed by atoms with Crippen molar-refractivity contribution in [1.29, 1.82) is 0 Å². The van der Waals surface area contributed by atoms with Crippen LogP contribution in [-0.4, -0.2) is 24.6 Å². The molecule has 78 valence electrons. The van der Waals surface area contributed by atoms with E-state index in [9.17, 15) is 0 Å². The van der Waals surface area contributed by atoms with Gasteiger partial charge in [0.15, 0.2) is 0 Å². The molecule has 2 N–H and O–H groups in total. The molecule has 1 rings (SSSR count). The Morgan fingerprint density at radius 2 is 2.21 bits per heavy atom. The molecular formula is C9H13Cl2N3. The first-order chi connectivity index (χ1) is 6.69. The van der Waals surface area contributed by atoms with Gasteiger partial charge in [0.25, 0.3) is 0 Å². The normalized spacial score (nSPS) is 10.3. The van der Waals surface area contributed by atoms with Gasteiger partial charge in [-0.15, -0.1) is 0 Å². The van der Waals surface area contributed by atoms with E-state index in [1.54, 1.807) is 12.3 Å². The van der Waals surface area contributed by atoms with Crippen molar-refractivity contribution in [2.45, 2.75) is 6.92 Å². The molecule has 14 heavy (non-hydrogen) atoms. The minimum atomic E-state index is 0.544. The van der Waals surface area contributed by atoms with Gasteiger partial charge >= 0.3 is 0 Å². The van der Waals surface area contributed by atoms with Crippen LogP contribution in [0.15, 0.2) is 12.3 Å². The largest absolute Gasteiger partial charge is 0.354 e. The Hall–Kier alpha value is -0.510. The molecule has 0 amide bonds. The zero-order valence-electron chi connectivity index (χ0n) is 8.00. The molecule has 0 fully saturated rings. The van der Waals surface area contributed by atoms with Gasteiger partial charge in [-0.1, -0.05) is 23.2 Å². The van der Waals surface area contributed by atoms with E-state index in [1.807, 2.05) is 11.8 Å². The van der Waals surface area contributed by atoms with Gasteiger partial charge in [-0.2, -0.15) is 0 Å². The summed E-state index contributed by atoms with van der Waals surface area (Å²) in [6.07, 6.45) is 1.59. The van der Waals surface area contributed by atoms with Crippen LogP contribution in [0.5, 0.6) is 0 Å². The third-order valence-corrected chi connectivity index (χ3v) is 2.35. The first kappa shape index (κ1) is 11.6. The molecule has 1 heterocycles. The van der Waals surface area contributed by atoms with E-state index in [4.69, 9.17) is 28.9 Å². The lowest BCUT2D eigenvalue weighted by Crippen LogP contribution is -2.30. The van der Waals surface area contributed by atoms with Crippen LogP contribution in [0.25, 0.3) is 0 Å². The lowest BCUT2D eigenvalue weighted by molar-refractivity contribution is 0.802. The molecule has 0 saturated carbocycles. The molecule has 0 aliphatic carbocycles. The Morgan fingerprint density at radius 1 is 1.50 bits per heavy atom. The molecule has 0 unspecified atom stereocenters. The summed E-state index contributed by atoms with van der Waals surface area (Å²) in [7, 11) is 0. The molecule has 1 aromatic heterocycles. The van der Waals surface area contributed by atoms with Crippen molar-refractivity contribution in [3.05, 3.63) is 22.3 Å². The second kappa shape index (κ2) is 5.39. The monoisotopic (exact) mass is 233 g/mol. The highest BCUT2D eigenvalue weighted by Gasteiger charge is 2.09. The molecule has 0 atom stereocenters. The number of aromatic nitrogens is 1. The van der Waals surface area contributed by atoms with Gasteiger partial charge in [0.05, 0.1) is 10.0 Å². The van der Waals surface area contributed by atoms with E-state index in [-0.39, 0.29) is 0 Å². The van der Waals surface area contributed by atoms with Crippen LogP contribution in [0.2, 0.25) is 10.0 Å². The number of nitrogens with zero attached hydrogens (tertiary/aromatic N) is 2. The summed E-state index contributed by atoms with van der Waals surface area (Å²) in [5.41, 5.74) is 5.48. The van der Waals surface area contributed by atoms with Crippen LogP contribution < -0.4 is 10.6 Å². The quantitative estimate of drug-likeness (QED) is 0.868. The van der Waals surface area contributed by atoms with E-state index < -0.39 is 0 Å². The third-order valence-electron chi connectivity index (χ3n) is 1.87. The highest BCUT2D eigenvalue weighted by molar-refractivity contribution is 6.35. The lowest BCUT2D eigenvalue weighted by atomic mass is 10.4. The molecule has 0 saturated heterocycles. The molecule has 0 bridgehead atoms. The summed E-state index contributed by atoms with van der Waals surface area (Å²) in [6, 6.07) is 1.69. The Balaban J connectivity index is 2.92. The number of rotatable bonds is 4. The fourth-order valence-corrected chi connectivity index (χ4v) is 1.71. The molecule has 3 nitrogen and oxygen atoms in total. The number of anilines is 1. The van der Waals surface area contributed by atoms with Crippen molar-refractivity contribution in [3.8, 4) is 0 Å². The highest BCUT2D eigenvalue weighted by Crippen LogP contribution is 2.25. The first-order valence-electron chi connectivity index (χ1n) is 4.45. The molecular weight excluding hydrogens is 221 g/mol. The van der Waals surface area contributed by atoms with Crippen molar-refractivity contribution in [1.82, 2.24) is 4.98 Å². The number of hydrogen-bond donors (Lipinski definition) is 1. The second-order valence-electron chi connectivity index (χ2n) is 2.83. The van der Waals surface area contributed by atoms with Crippen LogP contribution in [0.3, 0.4) is 0 Å². The first-order valence-corrected chi connectivity index (χ1v) is 5.20. The molecule has 0 aromatic carbocycles. The standard InChI is InChI=1S/C9H13Cl2N3/c1-2-14(4-3-12)9-8(11)5-7(10)6-13-9/h5-6H,2-4,12H2,1H3. The number of pyridine rings is 1. The van der Waals surface area contributed by atoms with Crippen LogP contribution in [0.1, 0.15) is 6.92 Å². The van der Waals surface area contributed by atoms with E-state index in [0.29, 0.717) is 16.6 Å². The number of hydrogen-bond acceptors (Lipinski definition) is 3. The summed E-state index contributed by atoms with van der Waals surface area (Å²) in [6.45, 7) is 4.17. The Labute approximate surface area is 93.8 Å². The Kier molecular flexibility index (Phi) is 4.45. The summed E-state index contributed by atoms with van der Waals surface area (Å²) in [4.78, 5) is 6.19. The summed E-state index contributed by atoms with van der Waals surface area (Å²) < 4.78 is 0. The second-order valence-corrected chi connectivity index (χ2v) is 3.67. The average molecular weight is 234 g/mol. The van der Waals surface area contributed by atoms with Gasteiger partial charge in [-0.05, 0) is 13.0 Å². The maximum atomic E-state index is 6.01. The van der Waals surface area contributed by atoms with Gasteiger partial charge in [0, 0.05) is 25.8 Å². The fourth-order valence-electron chi connectivity index (χ4n) is 1.21. The minimum Gasteiger partial charge on any atom is -0.354 e. The summed E-state index contributed by atoms with van der Waals surface area (Å²) >= 11 is 11.8. The smallest absolute Gasteiger partial charge is 0.147 e. The topological polar surface area (TPSA) is 42.1 Å². The highest BCUT2D eigenvalue weighted by atomic mass is 35.5. The van der Waals surface area contributed by atoms with Crippen LogP contribution in [-0.2, 0) is 0 Å².